The van der Waals surface area contributed by atoms with Crippen molar-refractivity contribution in [2.24, 2.45) is 0 Å². The van der Waals surface area contributed by atoms with Crippen LogP contribution in [-0.2, 0) is 22.9 Å². The van der Waals surface area contributed by atoms with Gasteiger partial charge in [-0.3, -0.25) is 13.6 Å². The van der Waals surface area contributed by atoms with Crippen LogP contribution in [0, 0.1) is 0 Å². The number of nitrogens with zero attached hydrogens (tertiary/aromatic N) is 4. The largest absolute Gasteiger partial charge is 0.470 e. The first-order valence-corrected chi connectivity index (χ1v) is 10.2. The molecule has 4 unspecified atom stereocenters. The first-order chi connectivity index (χ1) is 12.5. The molecule has 0 saturated carbocycles. The molecule has 1 saturated heterocycles. The van der Waals surface area contributed by atoms with Gasteiger partial charge in [-0.05, 0) is 0 Å². The van der Waals surface area contributed by atoms with E-state index in [-0.39, 0.29) is 17.0 Å². The third kappa shape index (κ3) is 4.50. The summed E-state index contributed by atoms with van der Waals surface area (Å²) in [5, 5.41) is 10.3. The highest BCUT2D eigenvalue weighted by molar-refractivity contribution is 7.46. The third-order valence-corrected chi connectivity index (χ3v) is 4.64. The molecule has 1 aliphatic heterocycles. The van der Waals surface area contributed by atoms with Gasteiger partial charge in [0.2, 0.25) is 0 Å². The minimum atomic E-state index is -5.06. The average molecular weight is 427 g/mol. The van der Waals surface area contributed by atoms with Gasteiger partial charge in [-0.25, -0.2) is 24.1 Å². The fourth-order valence-electron chi connectivity index (χ4n) is 2.58. The van der Waals surface area contributed by atoms with E-state index in [1.807, 2.05) is 0 Å². The zero-order valence-corrected chi connectivity index (χ0v) is 15.0. The minimum Gasteiger partial charge on any atom is -0.387 e. The average Bonchev–Trinajstić information content (AvgIpc) is 3.07. The van der Waals surface area contributed by atoms with Gasteiger partial charge in [0.05, 0.1) is 12.9 Å². The fourth-order valence-corrected chi connectivity index (χ4v) is 3.47. The fraction of sp³-hybridized carbons (Fsp3) is 0.500. The van der Waals surface area contributed by atoms with Crippen LogP contribution in [0.25, 0.3) is 11.2 Å². The van der Waals surface area contributed by atoms with Crippen LogP contribution in [0.4, 0.5) is 5.82 Å². The van der Waals surface area contributed by atoms with Gasteiger partial charge in [0.25, 0.3) is 0 Å². The molecule has 1 aliphatic rings. The molecule has 0 spiro atoms. The van der Waals surface area contributed by atoms with Gasteiger partial charge < -0.3 is 35.2 Å². The maximum Gasteiger partial charge on any atom is 0.470 e. The SMILES string of the molecule is Nc1ncnc2c1ncn2C1OC(COP(=O)(O)O)C(O)C1OP(=O)(O)O. The zero-order valence-electron chi connectivity index (χ0n) is 13.2. The number of rotatable bonds is 6. The number of imidazole rings is 1. The molecule has 4 atom stereocenters. The van der Waals surface area contributed by atoms with Gasteiger partial charge in [-0.15, -0.1) is 0 Å². The van der Waals surface area contributed by atoms with Gasteiger partial charge in [-0.1, -0.05) is 0 Å². The lowest BCUT2D eigenvalue weighted by atomic mass is 10.1. The summed E-state index contributed by atoms with van der Waals surface area (Å²) in [6.45, 7) is -0.771. The van der Waals surface area contributed by atoms with Crippen molar-refractivity contribution in [3.05, 3.63) is 12.7 Å². The summed E-state index contributed by atoms with van der Waals surface area (Å²) in [7, 11) is -9.94. The van der Waals surface area contributed by atoms with Crippen molar-refractivity contribution in [2.45, 2.75) is 24.5 Å². The number of aliphatic hydroxyl groups is 1. The normalized spacial score (nSPS) is 26.7. The topological polar surface area (TPSA) is 233 Å². The predicted molar refractivity (Wildman–Crippen MR) is 84.6 cm³/mol. The van der Waals surface area contributed by atoms with Crippen LogP contribution in [0.5, 0.6) is 0 Å². The highest BCUT2D eigenvalue weighted by Crippen LogP contribution is 2.46. The quantitative estimate of drug-likeness (QED) is 0.281. The van der Waals surface area contributed by atoms with Crippen molar-refractivity contribution in [3.8, 4) is 0 Å². The molecule has 15 nitrogen and oxygen atoms in total. The van der Waals surface area contributed by atoms with E-state index >= 15 is 0 Å². The highest BCUT2D eigenvalue weighted by atomic mass is 31.2. The molecule has 17 heteroatoms. The molecule has 0 bridgehead atoms. The number of nitrogen functional groups attached to an aromatic ring is 1. The number of fused-ring (bicyclic) bond motifs is 1. The molecule has 0 aromatic carbocycles. The Bertz CT molecular complexity index is 926. The van der Waals surface area contributed by atoms with E-state index in [1.165, 1.54) is 10.9 Å². The first-order valence-electron chi connectivity index (χ1n) is 7.17. The van der Waals surface area contributed by atoms with E-state index in [2.05, 4.69) is 24.0 Å². The second-order valence-electron chi connectivity index (χ2n) is 5.49. The minimum absolute atomic E-state index is 0.0335. The smallest absolute Gasteiger partial charge is 0.387 e. The van der Waals surface area contributed by atoms with Crippen LogP contribution in [0.15, 0.2) is 12.7 Å². The molecule has 0 aliphatic carbocycles. The molecule has 1 fully saturated rings. The van der Waals surface area contributed by atoms with Crippen molar-refractivity contribution in [3.63, 3.8) is 0 Å². The van der Waals surface area contributed by atoms with Crippen molar-refractivity contribution in [2.75, 3.05) is 12.3 Å². The molecule has 0 amide bonds. The first kappa shape index (κ1) is 20.2. The Kier molecular flexibility index (Phi) is 5.35. The predicted octanol–water partition coefficient (Wildman–Crippen LogP) is -1.75. The summed E-state index contributed by atoms with van der Waals surface area (Å²) in [4.78, 5) is 47.5. The van der Waals surface area contributed by atoms with Crippen LogP contribution in [0.1, 0.15) is 6.23 Å². The summed E-state index contributed by atoms with van der Waals surface area (Å²) in [5.41, 5.74) is 5.96. The summed E-state index contributed by atoms with van der Waals surface area (Å²) in [5.74, 6) is 0.0335. The van der Waals surface area contributed by atoms with E-state index in [0.717, 1.165) is 6.33 Å². The molecule has 2 aromatic heterocycles. The van der Waals surface area contributed by atoms with Gasteiger partial charge in [0, 0.05) is 0 Å². The number of aliphatic hydroxyl groups excluding tert-OH is 1. The van der Waals surface area contributed by atoms with Gasteiger partial charge in [0.15, 0.2) is 17.7 Å². The lowest BCUT2D eigenvalue weighted by molar-refractivity contribution is -0.0498. The molecule has 27 heavy (non-hydrogen) atoms. The number of ether oxygens (including phenoxy) is 1. The van der Waals surface area contributed by atoms with E-state index in [4.69, 9.17) is 30.0 Å². The Labute approximate surface area is 150 Å². The van der Waals surface area contributed by atoms with Gasteiger partial charge in [0.1, 0.15) is 30.2 Å². The summed E-state index contributed by atoms with van der Waals surface area (Å²) >= 11 is 0. The summed E-state index contributed by atoms with van der Waals surface area (Å²) < 4.78 is 37.7. The van der Waals surface area contributed by atoms with Crippen LogP contribution >= 0.6 is 15.6 Å². The number of nitrogens with two attached hydrogens (primary N) is 1. The van der Waals surface area contributed by atoms with Crippen molar-refractivity contribution in [1.82, 2.24) is 19.5 Å². The monoisotopic (exact) mass is 427 g/mol. The molecular formula is C10H15N5O10P2. The Morgan fingerprint density at radius 3 is 2.52 bits per heavy atom. The van der Waals surface area contributed by atoms with Crippen molar-refractivity contribution < 1.29 is 47.6 Å². The molecule has 3 rings (SSSR count). The van der Waals surface area contributed by atoms with E-state index in [1.54, 1.807) is 0 Å². The second kappa shape index (κ2) is 7.14. The van der Waals surface area contributed by atoms with E-state index < -0.39 is 46.8 Å². The summed E-state index contributed by atoms with van der Waals surface area (Å²) in [6, 6.07) is 0. The number of hydrogen-bond acceptors (Lipinski definition) is 10. The molecular weight excluding hydrogens is 412 g/mol. The number of aromatic nitrogens is 4. The number of phosphoric ester groups is 2. The Hall–Kier alpha value is -1.51. The molecule has 2 aromatic rings. The third-order valence-electron chi connectivity index (χ3n) is 3.64. The van der Waals surface area contributed by atoms with Crippen LogP contribution in [0.2, 0.25) is 0 Å². The maximum atomic E-state index is 11.3. The highest BCUT2D eigenvalue weighted by Gasteiger charge is 2.49. The van der Waals surface area contributed by atoms with E-state index in [0.29, 0.717) is 0 Å². The van der Waals surface area contributed by atoms with E-state index in [9.17, 15) is 14.2 Å². The maximum absolute atomic E-state index is 11.3. The van der Waals surface area contributed by atoms with Gasteiger partial charge >= 0.3 is 15.6 Å². The Morgan fingerprint density at radius 1 is 1.19 bits per heavy atom. The molecule has 7 N–H and O–H groups in total. The molecule has 150 valence electrons. The lowest BCUT2D eigenvalue weighted by Gasteiger charge is -2.22. The van der Waals surface area contributed by atoms with Crippen LogP contribution in [-0.4, -0.2) is 69.1 Å². The Balaban J connectivity index is 1.95. The van der Waals surface area contributed by atoms with Crippen LogP contribution in [0.3, 0.4) is 0 Å². The second-order valence-corrected chi connectivity index (χ2v) is 7.92. The molecule has 0 radical (unpaired) electrons. The Morgan fingerprint density at radius 2 is 1.89 bits per heavy atom. The van der Waals surface area contributed by atoms with Gasteiger partial charge in [-0.2, -0.15) is 0 Å². The number of anilines is 1. The number of hydrogen-bond donors (Lipinski definition) is 6. The number of phosphoric acid groups is 2. The van der Waals surface area contributed by atoms with Crippen LogP contribution < -0.4 is 5.73 Å². The standard InChI is InChI=1S/C10H15N5O10P2/c11-8-5-9(13-2-12-8)15(3-14-5)10-7(25-27(20,21)22)6(16)4(24-10)1-23-26(17,18)19/h2-4,6-7,10,16H,1H2,(H2,11,12,13)(H2,17,18,19)(H2,20,21,22). The van der Waals surface area contributed by atoms with Crippen molar-refractivity contribution >= 4 is 32.6 Å². The molecule has 3 heterocycles. The lowest BCUT2D eigenvalue weighted by Crippen LogP contribution is -2.35. The zero-order chi connectivity index (χ0) is 20.0. The summed E-state index contributed by atoms with van der Waals surface area (Å²) in [6.07, 6.45) is -3.78. The van der Waals surface area contributed by atoms with Crippen molar-refractivity contribution in [1.29, 1.82) is 0 Å².